The molecule has 12 aromatic rings. The predicted octanol–water partition coefficient (Wildman–Crippen LogP) is 13.6. The van der Waals surface area contributed by atoms with Crippen molar-refractivity contribution in [2.75, 3.05) is 0 Å². The first-order valence-corrected chi connectivity index (χ1v) is 18.6. The van der Waals surface area contributed by atoms with E-state index in [0.29, 0.717) is 0 Å². The summed E-state index contributed by atoms with van der Waals surface area (Å²) >= 11 is 1.87. The maximum absolute atomic E-state index is 3.62. The van der Waals surface area contributed by atoms with E-state index in [2.05, 4.69) is 184 Å². The molecule has 0 unspecified atom stereocenters. The number of benzene rings is 8. The van der Waals surface area contributed by atoms with Gasteiger partial charge in [-0.05, 0) is 60.7 Å². The van der Waals surface area contributed by atoms with Crippen LogP contribution in [0.2, 0.25) is 0 Å². The van der Waals surface area contributed by atoms with Gasteiger partial charge in [0.25, 0.3) is 0 Å². The van der Waals surface area contributed by atoms with Gasteiger partial charge in [-0.1, -0.05) is 109 Å². The van der Waals surface area contributed by atoms with Crippen molar-refractivity contribution in [3.8, 4) is 22.5 Å². The van der Waals surface area contributed by atoms with Gasteiger partial charge in [0, 0.05) is 86.0 Å². The molecule has 4 heteroatoms. The normalized spacial score (nSPS) is 12.2. The second-order valence-corrected chi connectivity index (χ2v) is 14.9. The fraction of sp³-hybridized carbons (Fsp3) is 0. The molecule has 4 aromatic heterocycles. The molecule has 0 bridgehead atoms. The number of aromatic amines is 1. The molecule has 242 valence electrons. The molecule has 4 heterocycles. The lowest BCUT2D eigenvalue weighted by Gasteiger charge is -2.15. The van der Waals surface area contributed by atoms with Crippen molar-refractivity contribution in [3.63, 3.8) is 0 Å². The Balaban J connectivity index is 1.20. The SMILES string of the molecule is c1ccc2c(c1)[nH]c1ccc(-n3c4ccccc4c4cccc(-c5cccc6c7ccccc7n(-c7ccc8sc9ccccc9c8c7)c56)c43)cc12. The number of hydrogen-bond donors (Lipinski definition) is 1. The monoisotopic (exact) mass is 679 g/mol. The van der Waals surface area contributed by atoms with Crippen LogP contribution in [0.1, 0.15) is 0 Å². The number of H-pyrrole nitrogens is 1. The van der Waals surface area contributed by atoms with Gasteiger partial charge in [0.1, 0.15) is 0 Å². The largest absolute Gasteiger partial charge is 0.355 e. The summed E-state index contributed by atoms with van der Waals surface area (Å²) in [5.41, 5.74) is 11.9. The average molecular weight is 680 g/mol. The summed E-state index contributed by atoms with van der Waals surface area (Å²) in [7, 11) is 0. The first kappa shape index (κ1) is 28.1. The number of thiophene rings is 1. The van der Waals surface area contributed by atoms with Crippen LogP contribution in [-0.4, -0.2) is 14.1 Å². The topological polar surface area (TPSA) is 25.6 Å². The maximum Gasteiger partial charge on any atom is 0.0620 e. The quantitative estimate of drug-likeness (QED) is 0.192. The molecule has 0 fully saturated rings. The number of fused-ring (bicyclic) bond motifs is 12. The van der Waals surface area contributed by atoms with Gasteiger partial charge < -0.3 is 14.1 Å². The predicted molar refractivity (Wildman–Crippen MR) is 223 cm³/mol. The minimum atomic E-state index is 1.15. The lowest BCUT2D eigenvalue weighted by Crippen LogP contribution is -1.98. The highest BCUT2D eigenvalue weighted by Gasteiger charge is 2.22. The van der Waals surface area contributed by atoms with E-state index in [1.54, 1.807) is 0 Å². The first-order valence-electron chi connectivity index (χ1n) is 17.8. The van der Waals surface area contributed by atoms with Crippen LogP contribution in [-0.2, 0) is 0 Å². The minimum absolute atomic E-state index is 1.15. The van der Waals surface area contributed by atoms with Crippen molar-refractivity contribution < 1.29 is 0 Å². The van der Waals surface area contributed by atoms with Gasteiger partial charge in [0.2, 0.25) is 0 Å². The Labute approximate surface area is 302 Å². The van der Waals surface area contributed by atoms with E-state index in [1.165, 1.54) is 91.4 Å². The second-order valence-electron chi connectivity index (χ2n) is 13.8. The summed E-state index contributed by atoms with van der Waals surface area (Å²) in [5, 5.41) is 10.1. The third-order valence-electron chi connectivity index (χ3n) is 11.0. The molecule has 52 heavy (non-hydrogen) atoms. The van der Waals surface area contributed by atoms with Gasteiger partial charge in [-0.25, -0.2) is 0 Å². The van der Waals surface area contributed by atoms with Gasteiger partial charge in [-0.2, -0.15) is 0 Å². The van der Waals surface area contributed by atoms with Gasteiger partial charge >= 0.3 is 0 Å². The molecule has 0 atom stereocenters. The van der Waals surface area contributed by atoms with Crippen LogP contribution in [0.3, 0.4) is 0 Å². The molecule has 0 spiro atoms. The van der Waals surface area contributed by atoms with Crippen LogP contribution in [0, 0.1) is 0 Å². The summed E-state index contributed by atoms with van der Waals surface area (Å²) in [6.07, 6.45) is 0. The third kappa shape index (κ3) is 3.79. The van der Waals surface area contributed by atoms with Crippen LogP contribution in [0.5, 0.6) is 0 Å². The van der Waals surface area contributed by atoms with Crippen LogP contribution < -0.4 is 0 Å². The molecule has 12 rings (SSSR count). The van der Waals surface area contributed by atoms with E-state index in [1.807, 2.05) is 11.3 Å². The van der Waals surface area contributed by atoms with Crippen molar-refractivity contribution in [1.82, 2.24) is 14.1 Å². The van der Waals surface area contributed by atoms with Gasteiger partial charge in [0.05, 0.1) is 22.1 Å². The van der Waals surface area contributed by atoms with E-state index in [4.69, 9.17) is 0 Å². The Bertz CT molecular complexity index is 3190. The molecule has 0 radical (unpaired) electrons. The molecule has 0 saturated carbocycles. The number of aromatic nitrogens is 3. The Morgan fingerprint density at radius 3 is 1.54 bits per heavy atom. The third-order valence-corrected chi connectivity index (χ3v) is 12.2. The number of rotatable bonds is 3. The van der Waals surface area contributed by atoms with Crippen molar-refractivity contribution in [2.24, 2.45) is 0 Å². The van der Waals surface area contributed by atoms with E-state index in [9.17, 15) is 0 Å². The standard InChI is InChI=1S/C48H29N3S/c1-5-19-41-31(11-1)39-27-29(23-25-42(39)49-41)50-43-20-6-2-12-32(43)35-15-9-17-37(47(35)50)38-18-10-16-36-33-13-3-7-21-44(33)51(48(36)38)30-24-26-46-40(28-30)34-14-4-8-22-45(34)52-46/h1-28,49H. The van der Waals surface area contributed by atoms with Gasteiger partial charge in [-0.15, -0.1) is 11.3 Å². The number of nitrogens with zero attached hydrogens (tertiary/aromatic N) is 2. The lowest BCUT2D eigenvalue weighted by atomic mass is 9.99. The van der Waals surface area contributed by atoms with Gasteiger partial charge in [-0.3, -0.25) is 0 Å². The molecule has 0 amide bonds. The zero-order valence-corrected chi connectivity index (χ0v) is 28.8. The van der Waals surface area contributed by atoms with Crippen molar-refractivity contribution >= 4 is 96.9 Å². The molecule has 0 aliphatic rings. The highest BCUT2D eigenvalue weighted by atomic mass is 32.1. The smallest absolute Gasteiger partial charge is 0.0620 e. The fourth-order valence-corrected chi connectivity index (χ4v) is 9.92. The molecule has 0 aliphatic carbocycles. The van der Waals surface area contributed by atoms with Crippen molar-refractivity contribution in [3.05, 3.63) is 170 Å². The first-order chi connectivity index (χ1) is 25.8. The molecule has 0 aliphatic heterocycles. The molecule has 3 nitrogen and oxygen atoms in total. The minimum Gasteiger partial charge on any atom is -0.355 e. The fourth-order valence-electron chi connectivity index (χ4n) is 8.84. The summed E-state index contributed by atoms with van der Waals surface area (Å²) in [4.78, 5) is 3.62. The number of para-hydroxylation sites is 5. The maximum atomic E-state index is 3.62. The van der Waals surface area contributed by atoms with E-state index >= 15 is 0 Å². The summed E-state index contributed by atoms with van der Waals surface area (Å²) in [6.45, 7) is 0. The van der Waals surface area contributed by atoms with Crippen molar-refractivity contribution in [2.45, 2.75) is 0 Å². The zero-order chi connectivity index (χ0) is 33.9. The molecular formula is C48H29N3S. The Morgan fingerprint density at radius 2 is 0.846 bits per heavy atom. The summed E-state index contributed by atoms with van der Waals surface area (Å²) in [5.74, 6) is 0. The number of nitrogens with one attached hydrogen (secondary N) is 1. The average Bonchev–Trinajstić information content (AvgIpc) is 3.95. The zero-order valence-electron chi connectivity index (χ0n) is 28.0. The molecule has 1 N–H and O–H groups in total. The lowest BCUT2D eigenvalue weighted by molar-refractivity contribution is 1.18. The van der Waals surface area contributed by atoms with E-state index in [0.717, 1.165) is 16.7 Å². The van der Waals surface area contributed by atoms with Crippen molar-refractivity contribution in [1.29, 1.82) is 0 Å². The summed E-state index contributed by atoms with van der Waals surface area (Å²) in [6, 6.07) is 62.6. The molecule has 0 saturated heterocycles. The van der Waals surface area contributed by atoms with Crippen LogP contribution in [0.25, 0.3) is 108 Å². The Morgan fingerprint density at radius 1 is 0.346 bits per heavy atom. The second kappa shape index (κ2) is 10.5. The van der Waals surface area contributed by atoms with E-state index in [-0.39, 0.29) is 0 Å². The van der Waals surface area contributed by atoms with Crippen LogP contribution in [0.15, 0.2) is 170 Å². The van der Waals surface area contributed by atoms with E-state index < -0.39 is 0 Å². The summed E-state index contributed by atoms with van der Waals surface area (Å²) < 4.78 is 7.61. The van der Waals surface area contributed by atoms with Gasteiger partial charge in [0.15, 0.2) is 0 Å². The highest BCUT2D eigenvalue weighted by Crippen LogP contribution is 2.44. The Kier molecular flexibility index (Phi) is 5.65. The number of hydrogen-bond acceptors (Lipinski definition) is 1. The highest BCUT2D eigenvalue weighted by molar-refractivity contribution is 7.25. The van der Waals surface area contributed by atoms with Crippen LogP contribution in [0.4, 0.5) is 0 Å². The molecular weight excluding hydrogens is 651 g/mol. The van der Waals surface area contributed by atoms with Crippen LogP contribution >= 0.6 is 11.3 Å². The molecule has 8 aromatic carbocycles. The Hall–Kier alpha value is -6.62.